The molecule has 1 N–H and O–H groups in total. The monoisotopic (exact) mass is 400 g/mol. The maximum absolute atomic E-state index is 12.7. The molecule has 2 rings (SSSR count). The van der Waals surface area contributed by atoms with Crippen molar-refractivity contribution in [1.29, 1.82) is 0 Å². The maximum atomic E-state index is 12.7. The van der Waals surface area contributed by atoms with Crippen molar-refractivity contribution in [3.8, 4) is 0 Å². The number of alkyl halides is 2. The Morgan fingerprint density at radius 1 is 1.31 bits per heavy atom. The minimum absolute atomic E-state index is 0.0310. The molecular weight excluding hydrogens is 386 g/mol. The average molecular weight is 401 g/mol. The third-order valence-electron chi connectivity index (χ3n) is 3.24. The summed E-state index contributed by atoms with van der Waals surface area (Å²) in [6.07, 6.45) is 0. The summed E-state index contributed by atoms with van der Waals surface area (Å²) in [5.74, 6) is -3.83. The SMILES string of the molecule is CCOC(=O)c1ccc(C(=O)Nc2cccc(Cl)c2SC(F)F)nc1C. The number of pyridine rings is 1. The first kappa shape index (κ1) is 20.1. The summed E-state index contributed by atoms with van der Waals surface area (Å²) >= 11 is 6.18. The summed E-state index contributed by atoms with van der Waals surface area (Å²) in [4.78, 5) is 28.3. The predicted molar refractivity (Wildman–Crippen MR) is 96.2 cm³/mol. The summed E-state index contributed by atoms with van der Waals surface area (Å²) < 4.78 is 30.3. The lowest BCUT2D eigenvalue weighted by atomic mass is 10.2. The molecule has 0 atom stereocenters. The second-order valence-corrected chi connectivity index (χ2v) is 6.41. The van der Waals surface area contributed by atoms with E-state index in [2.05, 4.69) is 10.3 Å². The molecule has 0 fully saturated rings. The van der Waals surface area contributed by atoms with Crippen LogP contribution in [0.1, 0.15) is 33.5 Å². The summed E-state index contributed by atoms with van der Waals surface area (Å²) in [5, 5.41) is 2.62. The van der Waals surface area contributed by atoms with E-state index in [1.54, 1.807) is 13.8 Å². The molecule has 5 nitrogen and oxygen atoms in total. The highest BCUT2D eigenvalue weighted by atomic mass is 35.5. The average Bonchev–Trinajstić information content (AvgIpc) is 2.57. The third-order valence-corrected chi connectivity index (χ3v) is 4.52. The zero-order valence-electron chi connectivity index (χ0n) is 13.9. The third kappa shape index (κ3) is 4.92. The van der Waals surface area contributed by atoms with Crippen LogP contribution in [0.25, 0.3) is 0 Å². The van der Waals surface area contributed by atoms with Gasteiger partial charge in [0.15, 0.2) is 0 Å². The van der Waals surface area contributed by atoms with Gasteiger partial charge in [-0.15, -0.1) is 0 Å². The number of halogens is 3. The number of carbonyl (C=O) groups is 2. The van der Waals surface area contributed by atoms with Crippen LogP contribution >= 0.6 is 23.4 Å². The fraction of sp³-hybridized carbons (Fsp3) is 0.235. The van der Waals surface area contributed by atoms with Crippen molar-refractivity contribution in [1.82, 2.24) is 4.98 Å². The number of thioether (sulfide) groups is 1. The molecule has 1 heterocycles. The number of esters is 1. The molecule has 0 bridgehead atoms. The Labute approximate surface area is 158 Å². The molecule has 0 aliphatic rings. The van der Waals surface area contributed by atoms with Crippen molar-refractivity contribution in [3.05, 3.63) is 52.3 Å². The summed E-state index contributed by atoms with van der Waals surface area (Å²) in [5.41, 5.74) is 0.759. The van der Waals surface area contributed by atoms with E-state index >= 15 is 0 Å². The number of amides is 1. The molecule has 1 amide bonds. The number of aryl methyl sites for hydroxylation is 1. The van der Waals surface area contributed by atoms with E-state index in [-0.39, 0.29) is 45.2 Å². The van der Waals surface area contributed by atoms with Gasteiger partial charge in [0.05, 0.1) is 33.5 Å². The van der Waals surface area contributed by atoms with E-state index in [9.17, 15) is 18.4 Å². The summed E-state index contributed by atoms with van der Waals surface area (Å²) in [7, 11) is 0. The van der Waals surface area contributed by atoms with Crippen molar-refractivity contribution in [3.63, 3.8) is 0 Å². The normalized spacial score (nSPS) is 10.7. The van der Waals surface area contributed by atoms with Crippen LogP contribution in [0.2, 0.25) is 5.02 Å². The zero-order chi connectivity index (χ0) is 19.3. The maximum Gasteiger partial charge on any atom is 0.339 e. The van der Waals surface area contributed by atoms with Gasteiger partial charge in [0.1, 0.15) is 5.69 Å². The van der Waals surface area contributed by atoms with Crippen molar-refractivity contribution < 1.29 is 23.1 Å². The van der Waals surface area contributed by atoms with E-state index in [1.807, 2.05) is 0 Å². The quantitative estimate of drug-likeness (QED) is 0.558. The number of ether oxygens (including phenoxy) is 1. The molecule has 0 spiro atoms. The second kappa shape index (κ2) is 8.95. The van der Waals surface area contributed by atoms with Crippen LogP contribution in [0.4, 0.5) is 14.5 Å². The van der Waals surface area contributed by atoms with Gasteiger partial charge in [-0.05, 0) is 38.1 Å². The van der Waals surface area contributed by atoms with Crippen LogP contribution < -0.4 is 5.32 Å². The number of hydrogen-bond donors (Lipinski definition) is 1. The molecule has 26 heavy (non-hydrogen) atoms. The van der Waals surface area contributed by atoms with E-state index in [4.69, 9.17) is 16.3 Å². The molecule has 138 valence electrons. The van der Waals surface area contributed by atoms with E-state index in [1.165, 1.54) is 30.3 Å². The molecule has 0 saturated carbocycles. The van der Waals surface area contributed by atoms with E-state index in [0.29, 0.717) is 5.69 Å². The molecule has 0 aliphatic heterocycles. The van der Waals surface area contributed by atoms with Crippen LogP contribution in [-0.2, 0) is 4.74 Å². The highest BCUT2D eigenvalue weighted by Crippen LogP contribution is 2.37. The van der Waals surface area contributed by atoms with Gasteiger partial charge in [0.25, 0.3) is 11.7 Å². The van der Waals surface area contributed by atoms with Crippen LogP contribution in [0, 0.1) is 6.92 Å². The summed E-state index contributed by atoms with van der Waals surface area (Å²) in [6.45, 7) is 3.48. The van der Waals surface area contributed by atoms with Crippen molar-refractivity contribution in [2.75, 3.05) is 11.9 Å². The number of benzene rings is 1. The Morgan fingerprint density at radius 2 is 2.04 bits per heavy atom. The smallest absolute Gasteiger partial charge is 0.339 e. The van der Waals surface area contributed by atoms with Gasteiger partial charge >= 0.3 is 5.97 Å². The molecule has 0 radical (unpaired) electrons. The first-order valence-corrected chi connectivity index (χ1v) is 8.78. The molecular formula is C17H15ClF2N2O3S. The van der Waals surface area contributed by atoms with Crippen molar-refractivity contribution in [2.45, 2.75) is 24.5 Å². The van der Waals surface area contributed by atoms with Gasteiger partial charge in [-0.2, -0.15) is 8.78 Å². The molecule has 0 aliphatic carbocycles. The van der Waals surface area contributed by atoms with Crippen LogP contribution in [-0.4, -0.2) is 29.2 Å². The number of anilines is 1. The Morgan fingerprint density at radius 3 is 2.65 bits per heavy atom. The van der Waals surface area contributed by atoms with Gasteiger partial charge in [-0.1, -0.05) is 29.4 Å². The predicted octanol–water partition coefficient (Wildman–Crippen LogP) is 4.79. The largest absolute Gasteiger partial charge is 0.462 e. The van der Waals surface area contributed by atoms with Gasteiger partial charge in [0, 0.05) is 0 Å². The van der Waals surface area contributed by atoms with Crippen molar-refractivity contribution >= 4 is 40.9 Å². The van der Waals surface area contributed by atoms with Crippen molar-refractivity contribution in [2.24, 2.45) is 0 Å². The molecule has 0 unspecified atom stereocenters. The van der Waals surface area contributed by atoms with Crippen LogP contribution in [0.5, 0.6) is 0 Å². The van der Waals surface area contributed by atoms with E-state index < -0.39 is 17.6 Å². The molecule has 1 aromatic carbocycles. The Kier molecular flexibility index (Phi) is 6.93. The number of carbonyl (C=O) groups excluding carboxylic acids is 2. The standard InChI is InChI=1S/C17H15ClF2N2O3S/c1-3-25-16(24)10-7-8-13(21-9(10)2)15(23)22-12-6-4-5-11(18)14(12)26-17(19)20/h4-8,17H,3H2,1-2H3,(H,22,23). The topological polar surface area (TPSA) is 68.3 Å². The fourth-order valence-electron chi connectivity index (χ4n) is 2.11. The molecule has 1 aromatic heterocycles. The Bertz CT molecular complexity index is 834. The lowest BCUT2D eigenvalue weighted by molar-refractivity contribution is 0.0524. The fourth-order valence-corrected chi connectivity index (χ4v) is 3.03. The van der Waals surface area contributed by atoms with Gasteiger partial charge in [-0.25, -0.2) is 9.78 Å². The zero-order valence-corrected chi connectivity index (χ0v) is 15.5. The Hall–Kier alpha value is -2.19. The lowest BCUT2D eigenvalue weighted by Gasteiger charge is -2.12. The van der Waals surface area contributed by atoms with Crippen LogP contribution in [0.15, 0.2) is 35.2 Å². The Balaban J connectivity index is 2.25. The highest BCUT2D eigenvalue weighted by molar-refractivity contribution is 7.99. The summed E-state index contributed by atoms with van der Waals surface area (Å²) in [6, 6.07) is 7.25. The number of nitrogens with one attached hydrogen (secondary N) is 1. The van der Waals surface area contributed by atoms with Gasteiger partial charge < -0.3 is 10.1 Å². The molecule has 2 aromatic rings. The van der Waals surface area contributed by atoms with Gasteiger partial charge in [0.2, 0.25) is 0 Å². The lowest BCUT2D eigenvalue weighted by Crippen LogP contribution is -2.16. The van der Waals surface area contributed by atoms with Gasteiger partial charge in [-0.3, -0.25) is 4.79 Å². The highest BCUT2D eigenvalue weighted by Gasteiger charge is 2.18. The number of aromatic nitrogens is 1. The number of nitrogens with zero attached hydrogens (tertiary/aromatic N) is 1. The number of hydrogen-bond acceptors (Lipinski definition) is 5. The molecule has 0 saturated heterocycles. The first-order valence-electron chi connectivity index (χ1n) is 7.53. The minimum atomic E-state index is -2.69. The minimum Gasteiger partial charge on any atom is -0.462 e. The van der Waals surface area contributed by atoms with E-state index in [0.717, 1.165) is 0 Å². The van der Waals surface area contributed by atoms with Crippen LogP contribution in [0.3, 0.4) is 0 Å². The first-order chi connectivity index (χ1) is 12.3. The number of rotatable bonds is 6. The second-order valence-electron chi connectivity index (χ2n) is 5.00. The molecule has 9 heteroatoms.